The number of rotatable bonds is 1. The lowest BCUT2D eigenvalue weighted by molar-refractivity contribution is 1.17. The largest absolute Gasteiger partial charge is 0.169 e. The Labute approximate surface area is 106 Å². The fourth-order valence-corrected chi connectivity index (χ4v) is 4.38. The molecule has 0 spiro atoms. The van der Waals surface area contributed by atoms with Crippen LogP contribution in [0.2, 0.25) is 0 Å². The third-order valence-electron chi connectivity index (χ3n) is 3.59. The molecule has 17 heavy (non-hydrogen) atoms. The standard InChI is InChI=1S/C16H17S/c1-11-7-6-10-13-12-8-4-5-9-14(12)16(15(11)13)17(2)3/h4-10,16H,1-3H3/q+1. The second-order valence-electron chi connectivity index (χ2n) is 4.88. The zero-order valence-electron chi connectivity index (χ0n) is 10.5. The van der Waals surface area contributed by atoms with Crippen LogP contribution in [0.1, 0.15) is 21.9 Å². The zero-order chi connectivity index (χ0) is 12.0. The van der Waals surface area contributed by atoms with Gasteiger partial charge in [-0.2, -0.15) is 0 Å². The van der Waals surface area contributed by atoms with Crippen LogP contribution in [0.5, 0.6) is 0 Å². The minimum absolute atomic E-state index is 0.376. The van der Waals surface area contributed by atoms with E-state index in [1.165, 1.54) is 22.3 Å². The average Bonchev–Trinajstić information content (AvgIpc) is 2.65. The Hall–Kier alpha value is -1.21. The van der Waals surface area contributed by atoms with Crippen LogP contribution in [0, 0.1) is 6.92 Å². The molecule has 2 aromatic carbocycles. The maximum Gasteiger partial charge on any atom is 0.169 e. The molecule has 3 rings (SSSR count). The molecule has 0 saturated carbocycles. The maximum atomic E-state index is 2.35. The molecule has 2 aromatic rings. The lowest BCUT2D eigenvalue weighted by Crippen LogP contribution is -2.10. The molecule has 0 aromatic heterocycles. The monoisotopic (exact) mass is 241 g/mol. The molecular formula is C16H17S+. The van der Waals surface area contributed by atoms with E-state index in [4.69, 9.17) is 0 Å². The third-order valence-corrected chi connectivity index (χ3v) is 5.02. The molecule has 0 bridgehead atoms. The van der Waals surface area contributed by atoms with Gasteiger partial charge in [0.2, 0.25) is 0 Å². The molecule has 0 amide bonds. The summed E-state index contributed by atoms with van der Waals surface area (Å²) in [5, 5.41) is 0.599. The highest BCUT2D eigenvalue weighted by atomic mass is 32.2. The SMILES string of the molecule is Cc1cccc2c1C([S+](C)C)c1ccccc1-2. The first kappa shape index (κ1) is 10.9. The van der Waals surface area contributed by atoms with Gasteiger partial charge in [0.25, 0.3) is 0 Å². The van der Waals surface area contributed by atoms with Gasteiger partial charge in [0, 0.05) is 11.1 Å². The van der Waals surface area contributed by atoms with Crippen molar-refractivity contribution in [1.29, 1.82) is 0 Å². The lowest BCUT2D eigenvalue weighted by atomic mass is 10.0. The summed E-state index contributed by atoms with van der Waals surface area (Å²) in [5.74, 6) is 0. The van der Waals surface area contributed by atoms with Crippen molar-refractivity contribution < 1.29 is 0 Å². The Kier molecular flexibility index (Phi) is 2.52. The molecule has 0 heterocycles. The Balaban J connectivity index is 2.34. The summed E-state index contributed by atoms with van der Waals surface area (Å²) in [6.07, 6.45) is 4.70. The van der Waals surface area contributed by atoms with Gasteiger partial charge in [0.15, 0.2) is 5.25 Å². The van der Waals surface area contributed by atoms with Crippen molar-refractivity contribution in [3.8, 4) is 11.1 Å². The van der Waals surface area contributed by atoms with Crippen LogP contribution >= 0.6 is 0 Å². The highest BCUT2D eigenvalue weighted by Gasteiger charge is 2.37. The smallest absolute Gasteiger partial charge is 0.0617 e. The van der Waals surface area contributed by atoms with E-state index in [0.29, 0.717) is 16.1 Å². The summed E-state index contributed by atoms with van der Waals surface area (Å²) in [6, 6.07) is 15.6. The van der Waals surface area contributed by atoms with E-state index in [9.17, 15) is 0 Å². The Morgan fingerprint density at radius 1 is 0.882 bits per heavy atom. The Bertz CT molecular complexity index is 569. The summed E-state index contributed by atoms with van der Waals surface area (Å²) >= 11 is 0. The van der Waals surface area contributed by atoms with Gasteiger partial charge in [-0.15, -0.1) is 0 Å². The van der Waals surface area contributed by atoms with E-state index in [1.807, 2.05) is 0 Å². The van der Waals surface area contributed by atoms with Gasteiger partial charge in [-0.25, -0.2) is 0 Å². The number of aryl methyl sites for hydroxylation is 1. The van der Waals surface area contributed by atoms with E-state index in [0.717, 1.165) is 0 Å². The zero-order valence-corrected chi connectivity index (χ0v) is 11.3. The molecule has 86 valence electrons. The first-order valence-corrected chi connectivity index (χ1v) is 8.06. The van der Waals surface area contributed by atoms with E-state index < -0.39 is 0 Å². The van der Waals surface area contributed by atoms with Crippen molar-refractivity contribution in [3.05, 3.63) is 59.2 Å². The predicted molar refractivity (Wildman–Crippen MR) is 77.7 cm³/mol. The van der Waals surface area contributed by atoms with Crippen molar-refractivity contribution in [2.75, 3.05) is 12.5 Å². The van der Waals surface area contributed by atoms with Crippen molar-refractivity contribution in [2.45, 2.75) is 12.2 Å². The molecule has 1 atom stereocenters. The van der Waals surface area contributed by atoms with Gasteiger partial charge in [-0.05, 0) is 34.5 Å². The quantitative estimate of drug-likeness (QED) is 0.663. The summed E-state index contributed by atoms with van der Waals surface area (Å²) in [6.45, 7) is 2.24. The molecule has 0 N–H and O–H groups in total. The number of hydrogen-bond acceptors (Lipinski definition) is 0. The van der Waals surface area contributed by atoms with Gasteiger partial charge in [0.05, 0.1) is 12.5 Å². The third kappa shape index (κ3) is 1.53. The molecule has 1 heteroatoms. The number of fused-ring (bicyclic) bond motifs is 3. The molecule has 1 aliphatic rings. The summed E-state index contributed by atoms with van der Waals surface area (Å²) in [4.78, 5) is 0. The van der Waals surface area contributed by atoms with Crippen LogP contribution in [-0.4, -0.2) is 12.5 Å². The average molecular weight is 241 g/mol. The predicted octanol–water partition coefficient (Wildman–Crippen LogP) is 3.94. The second kappa shape index (κ2) is 3.92. The van der Waals surface area contributed by atoms with Crippen molar-refractivity contribution in [3.63, 3.8) is 0 Å². The van der Waals surface area contributed by atoms with Gasteiger partial charge in [0.1, 0.15) is 0 Å². The van der Waals surface area contributed by atoms with Crippen LogP contribution in [0.4, 0.5) is 0 Å². The topological polar surface area (TPSA) is 0 Å². The summed E-state index contributed by atoms with van der Waals surface area (Å²) in [5.41, 5.74) is 7.40. The Morgan fingerprint density at radius 3 is 2.35 bits per heavy atom. The van der Waals surface area contributed by atoms with Crippen molar-refractivity contribution >= 4 is 10.9 Å². The van der Waals surface area contributed by atoms with Crippen LogP contribution in [-0.2, 0) is 10.9 Å². The molecule has 0 fully saturated rings. The summed E-state index contributed by atoms with van der Waals surface area (Å²) in [7, 11) is 0.376. The first-order valence-electron chi connectivity index (χ1n) is 5.95. The molecule has 0 aliphatic heterocycles. The first-order chi connectivity index (χ1) is 8.20. The Morgan fingerprint density at radius 2 is 1.59 bits per heavy atom. The lowest BCUT2D eigenvalue weighted by Gasteiger charge is -2.12. The second-order valence-corrected chi connectivity index (χ2v) is 7.11. The highest BCUT2D eigenvalue weighted by molar-refractivity contribution is 7.96. The number of hydrogen-bond donors (Lipinski definition) is 0. The van der Waals surface area contributed by atoms with E-state index >= 15 is 0 Å². The van der Waals surface area contributed by atoms with E-state index in [2.05, 4.69) is 61.9 Å². The van der Waals surface area contributed by atoms with E-state index in [1.54, 1.807) is 5.56 Å². The van der Waals surface area contributed by atoms with Gasteiger partial charge >= 0.3 is 0 Å². The number of benzene rings is 2. The molecule has 1 unspecified atom stereocenters. The minimum atomic E-state index is 0.376. The normalized spacial score (nSPS) is 17.1. The van der Waals surface area contributed by atoms with Crippen LogP contribution < -0.4 is 0 Å². The highest BCUT2D eigenvalue weighted by Crippen LogP contribution is 2.48. The molecule has 0 nitrogen and oxygen atoms in total. The summed E-state index contributed by atoms with van der Waals surface area (Å²) < 4.78 is 0. The minimum Gasteiger partial charge on any atom is -0.0617 e. The van der Waals surface area contributed by atoms with Crippen LogP contribution in [0.25, 0.3) is 11.1 Å². The molecule has 0 saturated heterocycles. The van der Waals surface area contributed by atoms with Gasteiger partial charge in [-0.3, -0.25) is 0 Å². The van der Waals surface area contributed by atoms with E-state index in [-0.39, 0.29) is 0 Å². The van der Waals surface area contributed by atoms with Crippen LogP contribution in [0.3, 0.4) is 0 Å². The molecule has 1 aliphatic carbocycles. The van der Waals surface area contributed by atoms with Gasteiger partial charge in [-0.1, -0.05) is 42.5 Å². The van der Waals surface area contributed by atoms with Crippen LogP contribution in [0.15, 0.2) is 42.5 Å². The molecular weight excluding hydrogens is 224 g/mol. The molecule has 0 radical (unpaired) electrons. The van der Waals surface area contributed by atoms with Crippen molar-refractivity contribution in [1.82, 2.24) is 0 Å². The fraction of sp³-hybridized carbons (Fsp3) is 0.250. The van der Waals surface area contributed by atoms with Gasteiger partial charge < -0.3 is 0 Å². The fourth-order valence-electron chi connectivity index (χ4n) is 2.88. The van der Waals surface area contributed by atoms with Crippen molar-refractivity contribution in [2.24, 2.45) is 0 Å². The maximum absolute atomic E-state index is 2.35.